The first-order chi connectivity index (χ1) is 11.7. The van der Waals surface area contributed by atoms with Crippen molar-refractivity contribution >= 4 is 50.8 Å². The number of anilines is 1. The average molecular weight is 365 g/mol. The van der Waals surface area contributed by atoms with Crippen LogP contribution in [0, 0.1) is 0 Å². The van der Waals surface area contributed by atoms with Crippen LogP contribution in [0.3, 0.4) is 0 Å². The summed E-state index contributed by atoms with van der Waals surface area (Å²) in [6, 6.07) is 9.38. The van der Waals surface area contributed by atoms with Gasteiger partial charge in [-0.05, 0) is 24.3 Å². The molecule has 0 atom stereocenters. The van der Waals surface area contributed by atoms with E-state index < -0.39 is 0 Å². The Hall–Kier alpha value is -1.82. The highest BCUT2D eigenvalue weighted by Crippen LogP contribution is 2.32. The van der Waals surface area contributed by atoms with Crippen LogP contribution in [-0.4, -0.2) is 42.6 Å². The van der Waals surface area contributed by atoms with Crippen molar-refractivity contribution in [3.63, 3.8) is 0 Å². The Morgan fingerprint density at radius 2 is 1.92 bits per heavy atom. The third-order valence-corrected chi connectivity index (χ3v) is 4.06. The molecule has 0 fully saturated rings. The van der Waals surface area contributed by atoms with E-state index in [0.717, 1.165) is 47.3 Å². The first kappa shape index (κ1) is 17.0. The predicted octanol–water partition coefficient (Wildman–Crippen LogP) is 3.69. The number of alkyl halides is 1. The van der Waals surface area contributed by atoms with Gasteiger partial charge in [-0.15, -0.1) is 11.6 Å². The second kappa shape index (κ2) is 7.83. The fourth-order valence-electron chi connectivity index (χ4n) is 2.53. The second-order valence-corrected chi connectivity index (χ2v) is 6.05. The zero-order chi connectivity index (χ0) is 16.9. The molecule has 5 nitrogen and oxygen atoms in total. The number of hydrogen-bond donors (Lipinski definition) is 2. The van der Waals surface area contributed by atoms with Crippen LogP contribution in [0.4, 0.5) is 5.69 Å². The lowest BCUT2D eigenvalue weighted by molar-refractivity contribution is 0.399. The number of fused-ring (bicyclic) bond motifs is 2. The van der Waals surface area contributed by atoms with Crippen molar-refractivity contribution in [2.45, 2.75) is 0 Å². The van der Waals surface area contributed by atoms with Crippen LogP contribution in [0.1, 0.15) is 0 Å². The van der Waals surface area contributed by atoms with Gasteiger partial charge in [0.1, 0.15) is 5.52 Å². The Balaban J connectivity index is 2.05. The van der Waals surface area contributed by atoms with E-state index in [1.807, 2.05) is 24.3 Å². The normalized spacial score (nSPS) is 11.1. The van der Waals surface area contributed by atoms with Crippen LogP contribution < -0.4 is 15.4 Å². The van der Waals surface area contributed by atoms with E-state index in [9.17, 15) is 0 Å². The topological polar surface area (TPSA) is 59.1 Å². The molecule has 0 saturated carbocycles. The zero-order valence-corrected chi connectivity index (χ0v) is 14.8. The first-order valence-electron chi connectivity index (χ1n) is 7.67. The number of aromatic nitrogens is 2. The fourth-order valence-corrected chi connectivity index (χ4v) is 2.83. The van der Waals surface area contributed by atoms with Crippen molar-refractivity contribution in [3.05, 3.63) is 35.4 Å². The van der Waals surface area contributed by atoms with E-state index in [-0.39, 0.29) is 0 Å². The van der Waals surface area contributed by atoms with Gasteiger partial charge in [-0.3, -0.25) is 0 Å². The molecule has 24 heavy (non-hydrogen) atoms. The Morgan fingerprint density at radius 1 is 1.04 bits per heavy atom. The summed E-state index contributed by atoms with van der Waals surface area (Å²) in [6.45, 7) is 2.32. The van der Waals surface area contributed by atoms with Gasteiger partial charge in [0, 0.05) is 42.0 Å². The van der Waals surface area contributed by atoms with E-state index in [2.05, 4.69) is 20.6 Å². The lowest BCUT2D eigenvalue weighted by atomic mass is 10.1. The number of ether oxygens (including phenoxy) is 1. The van der Waals surface area contributed by atoms with E-state index in [0.29, 0.717) is 16.8 Å². The standard InChI is InChI=1S/C17H18Cl2N4O/c1-24-15-5-4-13-17(23-15)16(21-9-8-20-7-6-18)12-3-2-11(19)10-14(12)22-13/h2-5,10,20H,6-9H2,1H3,(H,21,22). The van der Waals surface area contributed by atoms with Crippen LogP contribution in [0.5, 0.6) is 5.88 Å². The third-order valence-electron chi connectivity index (χ3n) is 3.64. The van der Waals surface area contributed by atoms with E-state index in [1.54, 1.807) is 13.2 Å². The Kier molecular flexibility index (Phi) is 5.56. The monoisotopic (exact) mass is 364 g/mol. The molecule has 2 aromatic heterocycles. The molecule has 2 N–H and O–H groups in total. The van der Waals surface area contributed by atoms with E-state index in [1.165, 1.54) is 0 Å². The highest BCUT2D eigenvalue weighted by molar-refractivity contribution is 6.31. The average Bonchev–Trinajstić information content (AvgIpc) is 2.60. The van der Waals surface area contributed by atoms with Crippen LogP contribution in [0.15, 0.2) is 30.3 Å². The summed E-state index contributed by atoms with van der Waals surface area (Å²) in [6.07, 6.45) is 0. The summed E-state index contributed by atoms with van der Waals surface area (Å²) in [7, 11) is 1.60. The Bertz CT molecular complexity index is 857. The molecule has 0 amide bonds. The van der Waals surface area contributed by atoms with Crippen LogP contribution in [0.2, 0.25) is 5.02 Å². The molecule has 0 spiro atoms. The maximum Gasteiger partial charge on any atom is 0.213 e. The molecule has 0 bridgehead atoms. The number of rotatable bonds is 7. The lowest BCUT2D eigenvalue weighted by Gasteiger charge is -2.13. The highest BCUT2D eigenvalue weighted by atomic mass is 35.5. The van der Waals surface area contributed by atoms with Gasteiger partial charge in [0.15, 0.2) is 0 Å². The van der Waals surface area contributed by atoms with Crippen molar-refractivity contribution < 1.29 is 4.74 Å². The maximum atomic E-state index is 6.11. The maximum absolute atomic E-state index is 6.11. The smallest absolute Gasteiger partial charge is 0.213 e. The van der Waals surface area contributed by atoms with E-state index in [4.69, 9.17) is 27.9 Å². The lowest BCUT2D eigenvalue weighted by Crippen LogP contribution is -2.24. The summed E-state index contributed by atoms with van der Waals surface area (Å²) in [5.41, 5.74) is 3.33. The molecule has 0 radical (unpaired) electrons. The number of halogens is 2. The summed E-state index contributed by atoms with van der Waals surface area (Å²) in [5.74, 6) is 1.15. The number of pyridine rings is 2. The molecule has 0 aliphatic heterocycles. The summed E-state index contributed by atoms with van der Waals surface area (Å²) in [4.78, 5) is 9.22. The molecule has 126 valence electrons. The zero-order valence-electron chi connectivity index (χ0n) is 13.3. The minimum Gasteiger partial charge on any atom is -0.481 e. The predicted molar refractivity (Wildman–Crippen MR) is 101 cm³/mol. The van der Waals surface area contributed by atoms with Crippen molar-refractivity contribution in [3.8, 4) is 5.88 Å². The van der Waals surface area contributed by atoms with Gasteiger partial charge >= 0.3 is 0 Å². The minimum absolute atomic E-state index is 0.556. The SMILES string of the molecule is COc1ccc2nc3cc(Cl)ccc3c(NCCNCCCl)c2n1. The molecular formula is C17H18Cl2N4O. The van der Waals surface area contributed by atoms with Crippen LogP contribution in [-0.2, 0) is 0 Å². The largest absolute Gasteiger partial charge is 0.481 e. The molecule has 0 unspecified atom stereocenters. The molecule has 0 aliphatic rings. The highest BCUT2D eigenvalue weighted by Gasteiger charge is 2.11. The molecule has 3 aromatic rings. The molecule has 1 aromatic carbocycles. The number of benzene rings is 1. The van der Waals surface area contributed by atoms with Crippen LogP contribution >= 0.6 is 23.2 Å². The van der Waals surface area contributed by atoms with Gasteiger partial charge in [0.05, 0.1) is 23.8 Å². The molecular weight excluding hydrogens is 347 g/mol. The Labute approximate surface area is 150 Å². The number of nitrogens with one attached hydrogen (secondary N) is 2. The van der Waals surface area contributed by atoms with Gasteiger partial charge in [0.25, 0.3) is 0 Å². The van der Waals surface area contributed by atoms with Crippen LogP contribution in [0.25, 0.3) is 21.9 Å². The Morgan fingerprint density at radius 3 is 2.71 bits per heavy atom. The van der Waals surface area contributed by atoms with Crippen molar-refractivity contribution in [1.29, 1.82) is 0 Å². The quantitative estimate of drug-likeness (QED) is 0.380. The van der Waals surface area contributed by atoms with Gasteiger partial charge in [-0.25, -0.2) is 9.97 Å². The second-order valence-electron chi connectivity index (χ2n) is 5.24. The summed E-state index contributed by atoms with van der Waals surface area (Å²) >= 11 is 11.8. The molecule has 3 rings (SSSR count). The van der Waals surface area contributed by atoms with Crippen molar-refractivity contribution in [2.24, 2.45) is 0 Å². The summed E-state index contributed by atoms with van der Waals surface area (Å²) in [5, 5.41) is 8.35. The van der Waals surface area contributed by atoms with E-state index >= 15 is 0 Å². The van der Waals surface area contributed by atoms with Gasteiger partial charge in [0.2, 0.25) is 5.88 Å². The third kappa shape index (κ3) is 3.64. The van der Waals surface area contributed by atoms with Gasteiger partial charge in [-0.2, -0.15) is 0 Å². The van der Waals surface area contributed by atoms with Gasteiger partial charge in [-0.1, -0.05) is 11.6 Å². The minimum atomic E-state index is 0.556. The van der Waals surface area contributed by atoms with Gasteiger partial charge < -0.3 is 15.4 Å². The van der Waals surface area contributed by atoms with Crippen molar-refractivity contribution in [1.82, 2.24) is 15.3 Å². The molecule has 7 heteroatoms. The fraction of sp³-hybridized carbons (Fsp3) is 0.294. The number of methoxy groups -OCH3 is 1. The number of hydrogen-bond acceptors (Lipinski definition) is 5. The molecule has 2 heterocycles. The van der Waals surface area contributed by atoms with Crippen molar-refractivity contribution in [2.75, 3.05) is 37.9 Å². The number of nitrogens with zero attached hydrogens (tertiary/aromatic N) is 2. The molecule has 0 aliphatic carbocycles. The molecule has 0 saturated heterocycles. The first-order valence-corrected chi connectivity index (χ1v) is 8.58. The summed E-state index contributed by atoms with van der Waals surface area (Å²) < 4.78 is 5.25.